The maximum atomic E-state index is 12.2. The van der Waals surface area contributed by atoms with E-state index in [1.807, 2.05) is 18.3 Å². The molecule has 0 spiro atoms. The molecular formula is C24H20N6O3. The van der Waals surface area contributed by atoms with Gasteiger partial charge in [-0.05, 0) is 29.8 Å². The van der Waals surface area contributed by atoms with Crippen LogP contribution in [0.15, 0.2) is 55.1 Å². The predicted molar refractivity (Wildman–Crippen MR) is 120 cm³/mol. The van der Waals surface area contributed by atoms with Gasteiger partial charge in [-0.15, -0.1) is 0 Å². The monoisotopic (exact) mass is 440 g/mol. The molecule has 0 aliphatic carbocycles. The molecule has 9 heteroatoms. The van der Waals surface area contributed by atoms with Crippen molar-refractivity contribution in [3.63, 3.8) is 0 Å². The SMILES string of the molecule is CNC(=O)c1cc(C#N)cc(-c2cnn3cc(-c4cccnc4)c(OC4CCOC4)nc23)c1. The topological polar surface area (TPSA) is 114 Å². The number of benzene rings is 1. The lowest BCUT2D eigenvalue weighted by molar-refractivity contribution is 0.0963. The Kier molecular flexibility index (Phi) is 5.42. The van der Waals surface area contributed by atoms with Crippen LogP contribution in [0.3, 0.4) is 0 Å². The highest BCUT2D eigenvalue weighted by Crippen LogP contribution is 2.33. The third kappa shape index (κ3) is 4.00. The molecule has 3 aromatic heterocycles. The van der Waals surface area contributed by atoms with Gasteiger partial charge >= 0.3 is 0 Å². The predicted octanol–water partition coefficient (Wildman–Crippen LogP) is 2.86. The van der Waals surface area contributed by atoms with Crippen molar-refractivity contribution >= 4 is 11.6 Å². The van der Waals surface area contributed by atoms with E-state index in [-0.39, 0.29) is 12.0 Å². The first-order chi connectivity index (χ1) is 16.2. The Morgan fingerprint density at radius 1 is 1.27 bits per heavy atom. The van der Waals surface area contributed by atoms with E-state index in [1.54, 1.807) is 48.4 Å². The highest BCUT2D eigenvalue weighted by Gasteiger charge is 2.22. The zero-order valence-corrected chi connectivity index (χ0v) is 17.9. The second kappa shape index (κ2) is 8.68. The van der Waals surface area contributed by atoms with Gasteiger partial charge in [0, 0.05) is 48.7 Å². The largest absolute Gasteiger partial charge is 0.471 e. The molecule has 164 valence electrons. The third-order valence-corrected chi connectivity index (χ3v) is 5.46. The number of amides is 1. The molecule has 1 aromatic carbocycles. The van der Waals surface area contributed by atoms with E-state index < -0.39 is 0 Å². The van der Waals surface area contributed by atoms with E-state index in [9.17, 15) is 10.1 Å². The zero-order valence-electron chi connectivity index (χ0n) is 17.9. The van der Waals surface area contributed by atoms with Crippen LogP contribution in [0.25, 0.3) is 27.9 Å². The molecule has 1 unspecified atom stereocenters. The number of nitrogens with one attached hydrogen (secondary N) is 1. The van der Waals surface area contributed by atoms with Crippen molar-refractivity contribution in [2.45, 2.75) is 12.5 Å². The van der Waals surface area contributed by atoms with E-state index in [2.05, 4.69) is 21.5 Å². The lowest BCUT2D eigenvalue weighted by Crippen LogP contribution is -2.18. The van der Waals surface area contributed by atoms with Gasteiger partial charge in [0.05, 0.1) is 36.6 Å². The first-order valence-electron chi connectivity index (χ1n) is 10.5. The van der Waals surface area contributed by atoms with Gasteiger partial charge in [0.2, 0.25) is 5.88 Å². The lowest BCUT2D eigenvalue weighted by Gasteiger charge is -2.15. The molecule has 4 heterocycles. The summed E-state index contributed by atoms with van der Waals surface area (Å²) in [5, 5.41) is 16.5. The van der Waals surface area contributed by atoms with Crippen molar-refractivity contribution in [2.75, 3.05) is 20.3 Å². The van der Waals surface area contributed by atoms with E-state index in [4.69, 9.17) is 14.5 Å². The Hall–Kier alpha value is -4.29. The fourth-order valence-electron chi connectivity index (χ4n) is 3.80. The van der Waals surface area contributed by atoms with Gasteiger partial charge in [-0.2, -0.15) is 15.3 Å². The van der Waals surface area contributed by atoms with E-state index in [0.29, 0.717) is 47.0 Å². The molecule has 1 fully saturated rings. The van der Waals surface area contributed by atoms with E-state index in [0.717, 1.165) is 17.5 Å². The number of nitrogens with zero attached hydrogens (tertiary/aromatic N) is 5. The molecule has 5 rings (SSSR count). The number of hydrogen-bond acceptors (Lipinski definition) is 7. The highest BCUT2D eigenvalue weighted by atomic mass is 16.5. The Labute approximate surface area is 189 Å². The number of ether oxygens (including phenoxy) is 2. The molecule has 1 amide bonds. The standard InChI is InChI=1S/C24H20N6O3/c1-26-23(31)18-8-15(10-25)7-17(9-18)20-12-28-30-13-21(16-3-2-5-27-11-16)24(29-22(20)30)33-19-4-6-32-14-19/h2-3,5,7-9,11-13,19H,4,6,14H2,1H3,(H,26,31). The van der Waals surface area contributed by atoms with Gasteiger partial charge in [0.25, 0.3) is 5.91 Å². The van der Waals surface area contributed by atoms with Crippen molar-refractivity contribution in [1.29, 1.82) is 5.26 Å². The second-order valence-corrected chi connectivity index (χ2v) is 7.62. The molecule has 33 heavy (non-hydrogen) atoms. The summed E-state index contributed by atoms with van der Waals surface area (Å²) in [5.74, 6) is 0.178. The molecule has 1 N–H and O–H groups in total. The van der Waals surface area contributed by atoms with Crippen LogP contribution >= 0.6 is 0 Å². The van der Waals surface area contributed by atoms with Crippen molar-refractivity contribution in [2.24, 2.45) is 0 Å². The van der Waals surface area contributed by atoms with Gasteiger partial charge in [0.15, 0.2) is 5.65 Å². The number of aromatic nitrogens is 4. The summed E-state index contributed by atoms with van der Waals surface area (Å²) in [6.07, 6.45) is 7.66. The number of fused-ring (bicyclic) bond motifs is 1. The summed E-state index contributed by atoms with van der Waals surface area (Å²) in [6.45, 7) is 1.15. The Morgan fingerprint density at radius 2 is 2.18 bits per heavy atom. The minimum absolute atomic E-state index is 0.0940. The summed E-state index contributed by atoms with van der Waals surface area (Å²) < 4.78 is 13.4. The smallest absolute Gasteiger partial charge is 0.251 e. The van der Waals surface area contributed by atoms with Crippen molar-refractivity contribution < 1.29 is 14.3 Å². The fourth-order valence-corrected chi connectivity index (χ4v) is 3.80. The van der Waals surface area contributed by atoms with E-state index in [1.165, 1.54) is 0 Å². The number of hydrogen-bond donors (Lipinski definition) is 1. The van der Waals surface area contributed by atoms with Crippen LogP contribution in [0.5, 0.6) is 5.88 Å². The number of nitriles is 1. The quantitative estimate of drug-likeness (QED) is 0.507. The molecule has 1 aliphatic rings. The molecule has 1 atom stereocenters. The van der Waals surface area contributed by atoms with Crippen LogP contribution in [0, 0.1) is 11.3 Å². The Balaban J connectivity index is 1.67. The molecule has 0 bridgehead atoms. The molecule has 1 saturated heterocycles. The molecular weight excluding hydrogens is 420 g/mol. The van der Waals surface area contributed by atoms with Crippen LogP contribution in [0.4, 0.5) is 0 Å². The van der Waals surface area contributed by atoms with Crippen LogP contribution in [-0.4, -0.2) is 51.9 Å². The normalized spacial score (nSPS) is 15.3. The third-order valence-electron chi connectivity index (χ3n) is 5.46. The number of rotatable bonds is 5. The van der Waals surface area contributed by atoms with Gasteiger partial charge in [-0.1, -0.05) is 6.07 Å². The first kappa shape index (κ1) is 20.6. The van der Waals surface area contributed by atoms with E-state index >= 15 is 0 Å². The van der Waals surface area contributed by atoms with Crippen LogP contribution in [-0.2, 0) is 4.74 Å². The molecule has 0 saturated carbocycles. The van der Waals surface area contributed by atoms with Crippen LogP contribution in [0.2, 0.25) is 0 Å². The van der Waals surface area contributed by atoms with Gasteiger partial charge in [-0.25, -0.2) is 4.52 Å². The minimum atomic E-state index is -0.276. The fraction of sp³-hybridized carbons (Fsp3) is 0.208. The average Bonchev–Trinajstić information content (AvgIpc) is 3.53. The summed E-state index contributed by atoms with van der Waals surface area (Å²) in [5.41, 5.74) is 4.27. The summed E-state index contributed by atoms with van der Waals surface area (Å²) in [6, 6.07) is 10.9. The molecule has 9 nitrogen and oxygen atoms in total. The van der Waals surface area contributed by atoms with Crippen LogP contribution < -0.4 is 10.1 Å². The number of pyridine rings is 1. The Morgan fingerprint density at radius 3 is 2.91 bits per heavy atom. The van der Waals surface area contributed by atoms with Crippen molar-refractivity contribution in [3.05, 3.63) is 66.2 Å². The van der Waals surface area contributed by atoms with Gasteiger partial charge in [-0.3, -0.25) is 9.78 Å². The van der Waals surface area contributed by atoms with Crippen molar-refractivity contribution in [1.82, 2.24) is 24.9 Å². The minimum Gasteiger partial charge on any atom is -0.471 e. The maximum absolute atomic E-state index is 12.2. The average molecular weight is 440 g/mol. The Bertz CT molecular complexity index is 1370. The van der Waals surface area contributed by atoms with Crippen molar-refractivity contribution in [3.8, 4) is 34.2 Å². The first-order valence-corrected chi connectivity index (χ1v) is 10.5. The van der Waals surface area contributed by atoms with Gasteiger partial charge < -0.3 is 14.8 Å². The maximum Gasteiger partial charge on any atom is 0.251 e. The number of carbonyl (C=O) groups excluding carboxylic acids is 1. The number of carbonyl (C=O) groups is 1. The molecule has 0 radical (unpaired) electrons. The second-order valence-electron chi connectivity index (χ2n) is 7.62. The summed E-state index contributed by atoms with van der Waals surface area (Å²) >= 11 is 0. The van der Waals surface area contributed by atoms with Gasteiger partial charge in [0.1, 0.15) is 6.10 Å². The highest BCUT2D eigenvalue weighted by molar-refractivity contribution is 5.96. The summed E-state index contributed by atoms with van der Waals surface area (Å²) in [4.78, 5) is 21.2. The molecule has 4 aromatic rings. The lowest BCUT2D eigenvalue weighted by atomic mass is 10.0. The van der Waals surface area contributed by atoms with Crippen LogP contribution in [0.1, 0.15) is 22.3 Å². The summed E-state index contributed by atoms with van der Waals surface area (Å²) in [7, 11) is 1.55. The zero-order chi connectivity index (χ0) is 22.8. The molecule has 1 aliphatic heterocycles.